The van der Waals surface area contributed by atoms with Gasteiger partial charge in [0.1, 0.15) is 18.4 Å². The summed E-state index contributed by atoms with van der Waals surface area (Å²) in [5.41, 5.74) is 0.0779. The SMILES string of the molecule is CN(C)c1nc(=O)c2ncn([C@H]3C[C@H](OP(=O)(O)O)[C@@H](CO)O3)c2n1C. The van der Waals surface area contributed by atoms with Crippen LogP contribution in [0.15, 0.2) is 11.1 Å². The lowest BCUT2D eigenvalue weighted by Gasteiger charge is -2.19. The number of aliphatic hydroxyl groups excluding tert-OH is 1. The second kappa shape index (κ2) is 6.72. The van der Waals surface area contributed by atoms with Crippen LogP contribution in [0.4, 0.5) is 5.95 Å². The molecule has 1 aliphatic heterocycles. The van der Waals surface area contributed by atoms with Gasteiger partial charge in [-0.25, -0.2) is 9.55 Å². The molecule has 3 atom stereocenters. The van der Waals surface area contributed by atoms with Crippen LogP contribution in [-0.4, -0.2) is 66.9 Å². The average Bonchev–Trinajstić information content (AvgIpc) is 3.13. The standard InChI is InChI=1S/C13H20N5O7P/c1-16(2)13-15-11(20)10-12(17(13)3)18(6-14-10)9-4-7(8(5-19)24-9)25-26(21,22)23/h6-9,19H,4-5H2,1-3H3,(H2,21,22,23)/t7-,8+,9+/m0/s1. The van der Waals surface area contributed by atoms with E-state index in [1.54, 1.807) is 35.2 Å². The number of anilines is 1. The number of ether oxygens (including phenoxy) is 1. The molecule has 144 valence electrons. The first-order chi connectivity index (χ1) is 12.1. The summed E-state index contributed by atoms with van der Waals surface area (Å²) in [6.45, 7) is -0.475. The van der Waals surface area contributed by atoms with Crippen molar-refractivity contribution in [1.29, 1.82) is 0 Å². The van der Waals surface area contributed by atoms with Crippen LogP contribution < -0.4 is 10.5 Å². The first-order valence-electron chi connectivity index (χ1n) is 7.73. The van der Waals surface area contributed by atoms with Crippen LogP contribution >= 0.6 is 7.82 Å². The van der Waals surface area contributed by atoms with Crippen molar-refractivity contribution < 1.29 is 28.7 Å². The molecule has 3 N–H and O–H groups in total. The molecule has 0 aromatic carbocycles. The minimum absolute atomic E-state index is 0.0651. The van der Waals surface area contributed by atoms with E-state index < -0.39 is 38.4 Å². The van der Waals surface area contributed by atoms with E-state index in [-0.39, 0.29) is 11.9 Å². The summed E-state index contributed by atoms with van der Waals surface area (Å²) in [6.07, 6.45) is -1.19. The molecule has 3 heterocycles. The number of phosphoric acid groups is 1. The summed E-state index contributed by atoms with van der Waals surface area (Å²) in [5, 5.41) is 9.42. The summed E-state index contributed by atoms with van der Waals surface area (Å²) >= 11 is 0. The lowest BCUT2D eigenvalue weighted by Crippen LogP contribution is -2.27. The lowest BCUT2D eigenvalue weighted by molar-refractivity contribution is -0.0426. The maximum absolute atomic E-state index is 12.2. The van der Waals surface area contributed by atoms with Gasteiger partial charge >= 0.3 is 13.4 Å². The van der Waals surface area contributed by atoms with Crippen LogP contribution in [0.5, 0.6) is 0 Å². The molecule has 1 fully saturated rings. The van der Waals surface area contributed by atoms with Gasteiger partial charge in [0, 0.05) is 27.6 Å². The van der Waals surface area contributed by atoms with Crippen molar-refractivity contribution in [2.75, 3.05) is 25.6 Å². The Kier molecular flexibility index (Phi) is 4.90. The Labute approximate surface area is 147 Å². The normalized spacial score (nSPS) is 23.7. The molecule has 0 amide bonds. The quantitative estimate of drug-likeness (QED) is 0.540. The Morgan fingerprint density at radius 2 is 2.15 bits per heavy atom. The van der Waals surface area contributed by atoms with Gasteiger partial charge in [-0.1, -0.05) is 0 Å². The molecule has 2 aromatic heterocycles. The third-order valence-electron chi connectivity index (χ3n) is 4.13. The second-order valence-corrected chi connectivity index (χ2v) is 7.37. The molecular weight excluding hydrogens is 369 g/mol. The van der Waals surface area contributed by atoms with Gasteiger partial charge in [0.05, 0.1) is 12.9 Å². The summed E-state index contributed by atoms with van der Waals surface area (Å²) in [4.78, 5) is 40.0. The number of aliphatic hydroxyl groups is 1. The van der Waals surface area contributed by atoms with Gasteiger partial charge in [-0.15, -0.1) is 0 Å². The molecular formula is C13H20N5O7P. The van der Waals surface area contributed by atoms with Crippen LogP contribution in [0.2, 0.25) is 0 Å². The summed E-state index contributed by atoms with van der Waals surface area (Å²) in [5.74, 6) is 0.406. The highest BCUT2D eigenvalue weighted by atomic mass is 31.2. The summed E-state index contributed by atoms with van der Waals surface area (Å²) < 4.78 is 24.8. The lowest BCUT2D eigenvalue weighted by atomic mass is 10.2. The predicted octanol–water partition coefficient (Wildman–Crippen LogP) is -1.05. The van der Waals surface area contributed by atoms with Gasteiger partial charge in [-0.3, -0.25) is 18.5 Å². The van der Waals surface area contributed by atoms with Gasteiger partial charge < -0.3 is 24.5 Å². The van der Waals surface area contributed by atoms with Crippen LogP contribution in [-0.2, 0) is 20.9 Å². The topological polar surface area (TPSA) is 152 Å². The minimum atomic E-state index is -4.74. The van der Waals surface area contributed by atoms with Crippen molar-refractivity contribution in [2.45, 2.75) is 24.9 Å². The van der Waals surface area contributed by atoms with Crippen molar-refractivity contribution >= 4 is 24.9 Å². The van der Waals surface area contributed by atoms with Gasteiger partial charge in [0.2, 0.25) is 5.95 Å². The van der Waals surface area contributed by atoms with Gasteiger partial charge in [-0.05, 0) is 0 Å². The molecule has 0 aliphatic carbocycles. The van der Waals surface area contributed by atoms with E-state index in [1.807, 2.05) is 0 Å². The predicted molar refractivity (Wildman–Crippen MR) is 89.6 cm³/mol. The zero-order valence-corrected chi connectivity index (χ0v) is 15.3. The van der Waals surface area contributed by atoms with E-state index in [4.69, 9.17) is 19.0 Å². The fourth-order valence-corrected chi connectivity index (χ4v) is 3.66. The van der Waals surface area contributed by atoms with E-state index in [9.17, 15) is 14.5 Å². The number of rotatable bonds is 5. The van der Waals surface area contributed by atoms with Gasteiger partial charge in [0.15, 0.2) is 11.2 Å². The third kappa shape index (κ3) is 3.39. The fourth-order valence-electron chi connectivity index (χ4n) is 3.08. The Balaban J connectivity index is 2.04. The average molecular weight is 389 g/mol. The Hall–Kier alpha value is -1.82. The number of phosphoric ester groups is 1. The van der Waals surface area contributed by atoms with Crippen LogP contribution in [0.25, 0.3) is 11.2 Å². The molecule has 2 aromatic rings. The van der Waals surface area contributed by atoms with Gasteiger partial charge in [-0.2, -0.15) is 4.98 Å². The number of aromatic nitrogens is 4. The van der Waals surface area contributed by atoms with E-state index in [0.717, 1.165) is 0 Å². The highest BCUT2D eigenvalue weighted by Crippen LogP contribution is 2.43. The first kappa shape index (κ1) is 19.0. The zero-order valence-electron chi connectivity index (χ0n) is 14.4. The van der Waals surface area contributed by atoms with E-state index in [2.05, 4.69) is 9.97 Å². The molecule has 0 radical (unpaired) electrons. The molecule has 3 rings (SSSR count). The third-order valence-corrected chi connectivity index (χ3v) is 4.68. The number of nitrogens with zero attached hydrogens (tertiary/aromatic N) is 5. The Morgan fingerprint density at radius 1 is 1.46 bits per heavy atom. The van der Waals surface area contributed by atoms with Gasteiger partial charge in [0.25, 0.3) is 0 Å². The molecule has 0 unspecified atom stereocenters. The largest absolute Gasteiger partial charge is 0.469 e. The monoisotopic (exact) mass is 389 g/mol. The van der Waals surface area contributed by atoms with Crippen LogP contribution in [0.1, 0.15) is 12.6 Å². The highest BCUT2D eigenvalue weighted by Gasteiger charge is 2.41. The highest BCUT2D eigenvalue weighted by molar-refractivity contribution is 7.46. The molecule has 12 nitrogen and oxygen atoms in total. The van der Waals surface area contributed by atoms with Crippen LogP contribution in [0, 0.1) is 0 Å². The van der Waals surface area contributed by atoms with E-state index >= 15 is 0 Å². The maximum atomic E-state index is 12.2. The van der Waals surface area contributed by atoms with E-state index in [1.165, 1.54) is 6.33 Å². The van der Waals surface area contributed by atoms with Crippen molar-refractivity contribution in [3.05, 3.63) is 16.7 Å². The number of aryl methyl sites for hydroxylation is 1. The molecule has 0 saturated carbocycles. The first-order valence-corrected chi connectivity index (χ1v) is 9.26. The fraction of sp³-hybridized carbons (Fsp3) is 0.615. The number of imidazole rings is 1. The minimum Gasteiger partial charge on any atom is -0.394 e. The smallest absolute Gasteiger partial charge is 0.394 e. The molecule has 0 spiro atoms. The Morgan fingerprint density at radius 3 is 2.73 bits per heavy atom. The van der Waals surface area contributed by atoms with Crippen molar-refractivity contribution in [3.8, 4) is 0 Å². The van der Waals surface area contributed by atoms with E-state index in [0.29, 0.717) is 11.6 Å². The molecule has 1 saturated heterocycles. The molecule has 0 bridgehead atoms. The number of hydrogen-bond acceptors (Lipinski definition) is 8. The molecule has 26 heavy (non-hydrogen) atoms. The molecule has 13 heteroatoms. The summed E-state index contributed by atoms with van der Waals surface area (Å²) in [7, 11) is 0.454. The second-order valence-electron chi connectivity index (χ2n) is 6.18. The Bertz CT molecular complexity index is 919. The zero-order chi connectivity index (χ0) is 19.2. The summed E-state index contributed by atoms with van der Waals surface area (Å²) in [6, 6.07) is 0. The van der Waals surface area contributed by atoms with Crippen molar-refractivity contribution in [2.24, 2.45) is 7.05 Å². The molecule has 1 aliphatic rings. The van der Waals surface area contributed by atoms with Crippen molar-refractivity contribution in [3.63, 3.8) is 0 Å². The number of fused-ring (bicyclic) bond motifs is 1. The van der Waals surface area contributed by atoms with Crippen molar-refractivity contribution in [1.82, 2.24) is 19.1 Å². The maximum Gasteiger partial charge on any atom is 0.469 e. The van der Waals surface area contributed by atoms with Crippen LogP contribution in [0.3, 0.4) is 0 Å². The number of hydrogen-bond donors (Lipinski definition) is 3.